The fourth-order valence-electron chi connectivity index (χ4n) is 3.72. The van der Waals surface area contributed by atoms with Gasteiger partial charge in [-0.25, -0.2) is 9.48 Å². The van der Waals surface area contributed by atoms with Crippen LogP contribution in [0.3, 0.4) is 0 Å². The first-order valence-corrected chi connectivity index (χ1v) is 10.1. The molecular weight excluding hydrogens is 370 g/mol. The quantitative estimate of drug-likeness (QED) is 0.753. The number of amides is 1. The molecule has 1 aliphatic rings. The van der Waals surface area contributed by atoms with Gasteiger partial charge in [0.2, 0.25) is 5.69 Å². The van der Waals surface area contributed by atoms with E-state index in [9.17, 15) is 9.59 Å². The molecular formula is C22H29N3O4. The molecule has 0 radical (unpaired) electrons. The fourth-order valence-corrected chi connectivity index (χ4v) is 3.72. The summed E-state index contributed by atoms with van der Waals surface area (Å²) in [6.45, 7) is 5.94. The Morgan fingerprint density at radius 1 is 1.21 bits per heavy atom. The lowest BCUT2D eigenvalue weighted by atomic mass is 9.78. The Bertz CT molecular complexity index is 849. The number of rotatable bonds is 6. The molecule has 29 heavy (non-hydrogen) atoms. The lowest BCUT2D eigenvalue weighted by molar-refractivity contribution is -0.130. The molecule has 2 aromatic rings. The van der Waals surface area contributed by atoms with Gasteiger partial charge in [0.1, 0.15) is 0 Å². The number of hydrogen-bond acceptors (Lipinski definition) is 5. The smallest absolute Gasteiger partial charge is 0.363 e. The number of ether oxygens (including phenoxy) is 2. The summed E-state index contributed by atoms with van der Waals surface area (Å²) in [6.07, 6.45) is 3.92. The zero-order valence-electron chi connectivity index (χ0n) is 17.4. The summed E-state index contributed by atoms with van der Waals surface area (Å²) in [4.78, 5) is 25.2. The molecule has 1 aliphatic carbocycles. The monoisotopic (exact) mass is 399 g/mol. The van der Waals surface area contributed by atoms with Crippen molar-refractivity contribution >= 4 is 11.9 Å². The molecule has 0 saturated heterocycles. The number of methoxy groups -OCH3 is 1. The predicted molar refractivity (Wildman–Crippen MR) is 109 cm³/mol. The Hall–Kier alpha value is -2.83. The Morgan fingerprint density at radius 3 is 2.62 bits per heavy atom. The molecule has 0 aliphatic heterocycles. The molecule has 1 amide bonds. The number of carbonyl (C=O) groups is 2. The molecule has 0 unspecified atom stereocenters. The van der Waals surface area contributed by atoms with E-state index in [0.717, 1.165) is 18.5 Å². The molecule has 1 fully saturated rings. The standard InChI is InChI=1S/C22H29N3O4/c1-14-9-8-12-18(15(14)2)23-21(26)16(3)29-22(27)20-19(28-4)13-25(24-20)17-10-6-5-7-11-17/h5-7,10-11,13-16,18H,8-9,12H2,1-4H3,(H,23,26)/t14-,15-,16-,18+/m1/s1. The van der Waals surface area contributed by atoms with Gasteiger partial charge in [-0.2, -0.15) is 5.10 Å². The molecule has 0 spiro atoms. The highest BCUT2D eigenvalue weighted by Gasteiger charge is 2.31. The van der Waals surface area contributed by atoms with Crippen LogP contribution >= 0.6 is 0 Å². The fraction of sp³-hybridized carbons (Fsp3) is 0.500. The SMILES string of the molecule is COc1cn(-c2ccccc2)nc1C(=O)O[C@H](C)C(=O)N[C@H]1CCC[C@@H](C)[C@H]1C. The summed E-state index contributed by atoms with van der Waals surface area (Å²) in [5.74, 6) is 0.284. The number of aromatic nitrogens is 2. The van der Waals surface area contributed by atoms with Crippen molar-refractivity contribution in [1.82, 2.24) is 15.1 Å². The average molecular weight is 399 g/mol. The van der Waals surface area contributed by atoms with Gasteiger partial charge in [0.25, 0.3) is 5.91 Å². The molecule has 7 nitrogen and oxygen atoms in total. The molecule has 7 heteroatoms. The largest absolute Gasteiger partial charge is 0.493 e. The van der Waals surface area contributed by atoms with Gasteiger partial charge in [-0.3, -0.25) is 4.79 Å². The first-order valence-electron chi connectivity index (χ1n) is 10.1. The van der Waals surface area contributed by atoms with Gasteiger partial charge < -0.3 is 14.8 Å². The highest BCUT2D eigenvalue weighted by Crippen LogP contribution is 2.29. The molecule has 1 saturated carbocycles. The van der Waals surface area contributed by atoms with E-state index in [1.807, 2.05) is 30.3 Å². The Kier molecular flexibility index (Phi) is 6.56. The van der Waals surface area contributed by atoms with Crippen LogP contribution in [0.2, 0.25) is 0 Å². The van der Waals surface area contributed by atoms with Crippen LogP contribution in [0.1, 0.15) is 50.5 Å². The van der Waals surface area contributed by atoms with Gasteiger partial charge in [-0.05, 0) is 37.3 Å². The molecule has 156 valence electrons. The number of carbonyl (C=O) groups excluding carboxylic acids is 2. The minimum atomic E-state index is -0.918. The third-order valence-electron chi connectivity index (χ3n) is 5.80. The topological polar surface area (TPSA) is 82.5 Å². The van der Waals surface area contributed by atoms with E-state index in [0.29, 0.717) is 17.6 Å². The predicted octanol–water partition coefficient (Wildman–Crippen LogP) is 3.37. The van der Waals surface area contributed by atoms with Crippen LogP contribution in [0, 0.1) is 11.8 Å². The molecule has 4 atom stereocenters. The zero-order valence-corrected chi connectivity index (χ0v) is 17.4. The highest BCUT2D eigenvalue weighted by atomic mass is 16.6. The van der Waals surface area contributed by atoms with Crippen molar-refractivity contribution in [2.24, 2.45) is 11.8 Å². The number of para-hydroxylation sites is 1. The maximum Gasteiger partial charge on any atom is 0.363 e. The Balaban J connectivity index is 1.66. The van der Waals surface area contributed by atoms with Crippen molar-refractivity contribution < 1.29 is 19.1 Å². The van der Waals surface area contributed by atoms with E-state index in [4.69, 9.17) is 9.47 Å². The van der Waals surface area contributed by atoms with E-state index >= 15 is 0 Å². The van der Waals surface area contributed by atoms with Gasteiger partial charge in [0.05, 0.1) is 19.0 Å². The van der Waals surface area contributed by atoms with E-state index in [-0.39, 0.29) is 17.6 Å². The summed E-state index contributed by atoms with van der Waals surface area (Å²) in [7, 11) is 1.46. The maximum atomic E-state index is 12.6. The average Bonchev–Trinajstić information content (AvgIpc) is 3.16. The molecule has 1 N–H and O–H groups in total. The number of esters is 1. The Morgan fingerprint density at radius 2 is 1.93 bits per heavy atom. The third kappa shape index (κ3) is 4.78. The molecule has 0 bridgehead atoms. The first-order chi connectivity index (χ1) is 13.9. The number of hydrogen-bond donors (Lipinski definition) is 1. The van der Waals surface area contributed by atoms with Crippen molar-refractivity contribution in [2.45, 2.75) is 52.2 Å². The van der Waals surface area contributed by atoms with Crippen molar-refractivity contribution in [3.8, 4) is 11.4 Å². The molecule has 1 heterocycles. The lowest BCUT2D eigenvalue weighted by Crippen LogP contribution is -2.47. The van der Waals surface area contributed by atoms with Crippen molar-refractivity contribution in [3.05, 3.63) is 42.2 Å². The summed E-state index contributed by atoms with van der Waals surface area (Å²) < 4.78 is 12.2. The highest BCUT2D eigenvalue weighted by molar-refractivity contribution is 5.93. The van der Waals surface area contributed by atoms with Gasteiger partial charge in [-0.15, -0.1) is 0 Å². The van der Waals surface area contributed by atoms with Gasteiger partial charge in [0.15, 0.2) is 11.9 Å². The lowest BCUT2D eigenvalue weighted by Gasteiger charge is -2.35. The second-order valence-electron chi connectivity index (χ2n) is 7.76. The molecule has 1 aromatic carbocycles. The van der Waals surface area contributed by atoms with Crippen LogP contribution < -0.4 is 10.1 Å². The zero-order chi connectivity index (χ0) is 21.0. The van der Waals surface area contributed by atoms with E-state index in [1.54, 1.807) is 17.8 Å². The van der Waals surface area contributed by atoms with E-state index in [2.05, 4.69) is 24.3 Å². The van der Waals surface area contributed by atoms with Crippen LogP contribution in [0.5, 0.6) is 5.75 Å². The maximum absolute atomic E-state index is 12.6. The van der Waals surface area contributed by atoms with E-state index < -0.39 is 12.1 Å². The Labute approximate surface area is 171 Å². The van der Waals surface area contributed by atoms with Crippen LogP contribution in [0.15, 0.2) is 36.5 Å². The van der Waals surface area contributed by atoms with Crippen LogP contribution in [0.25, 0.3) is 5.69 Å². The second kappa shape index (κ2) is 9.11. The van der Waals surface area contributed by atoms with Crippen LogP contribution in [0.4, 0.5) is 0 Å². The van der Waals surface area contributed by atoms with Crippen LogP contribution in [-0.4, -0.2) is 40.9 Å². The van der Waals surface area contributed by atoms with Gasteiger partial charge in [0, 0.05) is 6.04 Å². The molecule has 3 rings (SSSR count). The number of benzene rings is 1. The molecule has 1 aromatic heterocycles. The van der Waals surface area contributed by atoms with Crippen molar-refractivity contribution in [2.75, 3.05) is 7.11 Å². The summed E-state index contributed by atoms with van der Waals surface area (Å²) in [5, 5.41) is 7.33. The van der Waals surface area contributed by atoms with Gasteiger partial charge >= 0.3 is 5.97 Å². The third-order valence-corrected chi connectivity index (χ3v) is 5.80. The number of nitrogens with zero attached hydrogens (tertiary/aromatic N) is 2. The normalized spacial score (nSPS) is 22.6. The second-order valence-corrected chi connectivity index (χ2v) is 7.76. The van der Waals surface area contributed by atoms with Crippen LogP contribution in [-0.2, 0) is 9.53 Å². The van der Waals surface area contributed by atoms with Crippen molar-refractivity contribution in [1.29, 1.82) is 0 Å². The summed E-state index contributed by atoms with van der Waals surface area (Å²) >= 11 is 0. The summed E-state index contributed by atoms with van der Waals surface area (Å²) in [5.41, 5.74) is 0.826. The number of nitrogens with one attached hydrogen (secondary N) is 1. The first kappa shape index (κ1) is 20.9. The van der Waals surface area contributed by atoms with Crippen molar-refractivity contribution in [3.63, 3.8) is 0 Å². The summed E-state index contributed by atoms with van der Waals surface area (Å²) in [6, 6.07) is 9.49. The minimum Gasteiger partial charge on any atom is -0.493 e. The van der Waals surface area contributed by atoms with E-state index in [1.165, 1.54) is 13.5 Å². The minimum absolute atomic E-state index is 0.0376. The van der Waals surface area contributed by atoms with Gasteiger partial charge in [-0.1, -0.05) is 44.9 Å².